The lowest BCUT2D eigenvalue weighted by Crippen LogP contribution is -2.30. The molecule has 1 rings (SSSR count). The van der Waals surface area contributed by atoms with Crippen LogP contribution >= 0.6 is 0 Å². The Morgan fingerprint density at radius 1 is 1.35 bits per heavy atom. The van der Waals surface area contributed by atoms with Crippen molar-refractivity contribution in [1.82, 2.24) is 4.90 Å². The van der Waals surface area contributed by atoms with Crippen molar-refractivity contribution in [1.29, 1.82) is 0 Å². The van der Waals surface area contributed by atoms with Crippen molar-refractivity contribution in [3.05, 3.63) is 0 Å². The van der Waals surface area contributed by atoms with Gasteiger partial charge in [0.2, 0.25) is 5.91 Å². The number of primary amides is 1. The second kappa shape index (κ2) is 6.32. The van der Waals surface area contributed by atoms with Crippen molar-refractivity contribution in [3.8, 4) is 0 Å². The predicted octanol–water partition coefficient (Wildman–Crippen LogP) is -1.44. The second-order valence-corrected chi connectivity index (χ2v) is 6.86. The summed E-state index contributed by atoms with van der Waals surface area (Å²) in [5.74, 6) is -0.130. The molecule has 0 aromatic rings. The summed E-state index contributed by atoms with van der Waals surface area (Å²) in [7, 11) is -3.16. The molecule has 7 heteroatoms. The molecule has 1 amide bonds. The second-order valence-electron chi connectivity index (χ2n) is 4.56. The molecule has 1 heterocycles. The molecule has 0 spiro atoms. The minimum Gasteiger partial charge on any atom is -0.370 e. The molecule has 100 valence electrons. The van der Waals surface area contributed by atoms with E-state index < -0.39 is 15.7 Å². The van der Waals surface area contributed by atoms with Gasteiger partial charge in [-0.05, 0) is 25.4 Å². The lowest BCUT2D eigenvalue weighted by Gasteiger charge is -2.15. The van der Waals surface area contributed by atoms with E-state index in [1.165, 1.54) is 0 Å². The van der Waals surface area contributed by atoms with Crippen molar-refractivity contribution in [2.45, 2.75) is 12.8 Å². The first-order chi connectivity index (χ1) is 7.93. The number of rotatable bonds is 7. The number of sulfone groups is 1. The molecule has 4 N–H and O–H groups in total. The van der Waals surface area contributed by atoms with Crippen molar-refractivity contribution >= 4 is 15.7 Å². The predicted molar refractivity (Wildman–Crippen MR) is 66.1 cm³/mol. The smallest absolute Gasteiger partial charge is 0.218 e. The molecule has 0 aromatic heterocycles. The number of amides is 1. The van der Waals surface area contributed by atoms with Crippen molar-refractivity contribution in [2.24, 2.45) is 17.4 Å². The Balaban J connectivity index is 2.28. The first kappa shape index (κ1) is 14.4. The topological polar surface area (TPSA) is 106 Å². The molecule has 0 saturated carbocycles. The van der Waals surface area contributed by atoms with Gasteiger partial charge in [0.1, 0.15) is 0 Å². The Hall–Kier alpha value is -0.660. The first-order valence-corrected chi connectivity index (χ1v) is 7.66. The van der Waals surface area contributed by atoms with Crippen LogP contribution in [0.1, 0.15) is 12.8 Å². The number of carbonyl (C=O) groups is 1. The fourth-order valence-corrected chi connectivity index (χ4v) is 3.19. The molecule has 0 aromatic carbocycles. The number of likely N-dealkylation sites (tertiary alicyclic amines) is 1. The van der Waals surface area contributed by atoms with E-state index in [0.29, 0.717) is 19.0 Å². The van der Waals surface area contributed by atoms with Crippen LogP contribution in [0.3, 0.4) is 0 Å². The van der Waals surface area contributed by atoms with Crippen molar-refractivity contribution < 1.29 is 13.2 Å². The summed E-state index contributed by atoms with van der Waals surface area (Å²) >= 11 is 0. The fraction of sp³-hybridized carbons (Fsp3) is 0.900. The highest BCUT2D eigenvalue weighted by Crippen LogP contribution is 2.14. The van der Waals surface area contributed by atoms with Crippen molar-refractivity contribution in [3.63, 3.8) is 0 Å². The number of nitrogens with zero attached hydrogens (tertiary/aromatic N) is 1. The zero-order valence-electron chi connectivity index (χ0n) is 9.97. The Kier molecular flexibility index (Phi) is 5.35. The van der Waals surface area contributed by atoms with E-state index in [9.17, 15) is 13.2 Å². The molecule has 1 fully saturated rings. The minimum atomic E-state index is -3.16. The summed E-state index contributed by atoms with van der Waals surface area (Å²) in [6, 6.07) is 0. The normalized spacial score (nSPS) is 21.8. The quantitative estimate of drug-likeness (QED) is 0.585. The average Bonchev–Trinajstić information content (AvgIpc) is 2.72. The van der Waals surface area contributed by atoms with Gasteiger partial charge in [0.05, 0.1) is 11.5 Å². The Morgan fingerprint density at radius 2 is 2.06 bits per heavy atom. The van der Waals surface area contributed by atoms with Gasteiger partial charge >= 0.3 is 0 Å². The molecule has 1 unspecified atom stereocenters. The third-order valence-electron chi connectivity index (χ3n) is 3.08. The van der Waals surface area contributed by atoms with Crippen LogP contribution in [0.4, 0.5) is 0 Å². The molecule has 0 radical (unpaired) electrons. The van der Waals surface area contributed by atoms with Gasteiger partial charge in [-0.25, -0.2) is 8.42 Å². The summed E-state index contributed by atoms with van der Waals surface area (Å²) in [6.07, 6.45) is 0.950. The number of nitrogens with two attached hydrogens (primary N) is 2. The zero-order chi connectivity index (χ0) is 12.9. The molecule has 1 atom stereocenters. The molecular formula is C10H21N3O3S. The van der Waals surface area contributed by atoms with Gasteiger partial charge in [-0.3, -0.25) is 4.79 Å². The summed E-state index contributed by atoms with van der Waals surface area (Å²) in [5.41, 5.74) is 10.5. The Morgan fingerprint density at radius 3 is 2.59 bits per heavy atom. The van der Waals surface area contributed by atoms with Gasteiger partial charge in [-0.2, -0.15) is 0 Å². The van der Waals surface area contributed by atoms with E-state index in [1.54, 1.807) is 0 Å². The molecule has 1 saturated heterocycles. The van der Waals surface area contributed by atoms with Gasteiger partial charge in [0.25, 0.3) is 0 Å². The maximum absolute atomic E-state index is 11.6. The number of hydrogen-bond acceptors (Lipinski definition) is 5. The zero-order valence-corrected chi connectivity index (χ0v) is 10.8. The average molecular weight is 263 g/mol. The summed E-state index contributed by atoms with van der Waals surface area (Å²) in [4.78, 5) is 12.6. The van der Waals surface area contributed by atoms with Crippen LogP contribution in [-0.2, 0) is 14.6 Å². The summed E-state index contributed by atoms with van der Waals surface area (Å²) in [6.45, 7) is 2.97. The third kappa shape index (κ3) is 5.47. The van der Waals surface area contributed by atoms with E-state index in [1.807, 2.05) is 0 Å². The van der Waals surface area contributed by atoms with Gasteiger partial charge < -0.3 is 16.4 Å². The fourth-order valence-electron chi connectivity index (χ4n) is 1.93. The molecule has 6 nitrogen and oxygen atoms in total. The minimum absolute atomic E-state index is 0.0895. The number of carbonyl (C=O) groups excluding carboxylic acids is 1. The van der Waals surface area contributed by atoms with Gasteiger partial charge in [-0.1, -0.05) is 0 Å². The standard InChI is InChI=1S/C10H21N3O3S/c11-7-9-1-3-13(8-9)4-6-17(15,16)5-2-10(12)14/h9H,1-8,11H2,(H2,12,14). The van der Waals surface area contributed by atoms with E-state index in [-0.39, 0.29) is 17.9 Å². The lowest BCUT2D eigenvalue weighted by atomic mass is 10.1. The van der Waals surface area contributed by atoms with E-state index >= 15 is 0 Å². The van der Waals surface area contributed by atoms with E-state index in [0.717, 1.165) is 19.5 Å². The maximum atomic E-state index is 11.6. The molecule has 0 aliphatic carbocycles. The van der Waals surface area contributed by atoms with Crippen LogP contribution in [0.25, 0.3) is 0 Å². The van der Waals surface area contributed by atoms with Gasteiger partial charge in [-0.15, -0.1) is 0 Å². The van der Waals surface area contributed by atoms with Crippen LogP contribution < -0.4 is 11.5 Å². The SMILES string of the molecule is NCC1CCN(CCS(=O)(=O)CCC(N)=O)C1. The molecule has 1 aliphatic heterocycles. The number of hydrogen-bond donors (Lipinski definition) is 2. The summed E-state index contributed by atoms with van der Waals surface area (Å²) in [5, 5.41) is 0. The monoisotopic (exact) mass is 263 g/mol. The Labute approximate surface area is 102 Å². The van der Waals surface area contributed by atoms with E-state index in [4.69, 9.17) is 11.5 Å². The maximum Gasteiger partial charge on any atom is 0.218 e. The molecule has 17 heavy (non-hydrogen) atoms. The molecule has 1 aliphatic rings. The largest absolute Gasteiger partial charge is 0.370 e. The van der Waals surface area contributed by atoms with Crippen molar-refractivity contribution in [2.75, 3.05) is 37.7 Å². The molecule has 0 bridgehead atoms. The molecular weight excluding hydrogens is 242 g/mol. The van der Waals surface area contributed by atoms with Gasteiger partial charge in [0, 0.05) is 19.5 Å². The van der Waals surface area contributed by atoms with Crippen LogP contribution in [0.2, 0.25) is 0 Å². The summed E-state index contributed by atoms with van der Waals surface area (Å²) < 4.78 is 23.2. The highest BCUT2D eigenvalue weighted by atomic mass is 32.2. The highest BCUT2D eigenvalue weighted by Gasteiger charge is 2.22. The lowest BCUT2D eigenvalue weighted by molar-refractivity contribution is -0.117. The highest BCUT2D eigenvalue weighted by molar-refractivity contribution is 7.91. The third-order valence-corrected chi connectivity index (χ3v) is 4.71. The first-order valence-electron chi connectivity index (χ1n) is 5.84. The van der Waals surface area contributed by atoms with Crippen LogP contribution in [0, 0.1) is 5.92 Å². The van der Waals surface area contributed by atoms with Crippen LogP contribution in [-0.4, -0.2) is 56.9 Å². The van der Waals surface area contributed by atoms with Crippen LogP contribution in [0.5, 0.6) is 0 Å². The van der Waals surface area contributed by atoms with Gasteiger partial charge in [0.15, 0.2) is 9.84 Å². The van der Waals surface area contributed by atoms with E-state index in [2.05, 4.69) is 4.90 Å². The Bertz CT molecular complexity index is 356. The van der Waals surface area contributed by atoms with Crippen LogP contribution in [0.15, 0.2) is 0 Å².